The van der Waals surface area contributed by atoms with Gasteiger partial charge in [0.1, 0.15) is 11.6 Å². The van der Waals surface area contributed by atoms with E-state index < -0.39 is 11.8 Å². The third kappa shape index (κ3) is 5.66. The van der Waals surface area contributed by atoms with Crippen LogP contribution in [0.4, 0.5) is 15.2 Å². The molecule has 3 aromatic carbocycles. The molecule has 0 N–H and O–H groups in total. The van der Waals surface area contributed by atoms with Gasteiger partial charge in [0.05, 0.1) is 23.0 Å². The van der Waals surface area contributed by atoms with Crippen molar-refractivity contribution in [3.63, 3.8) is 0 Å². The first-order valence-electron chi connectivity index (χ1n) is 10.5. The molecule has 6 nitrogen and oxygen atoms in total. The van der Waals surface area contributed by atoms with Crippen molar-refractivity contribution in [2.24, 2.45) is 0 Å². The molecule has 1 heterocycles. The minimum atomic E-state index is -0.594. The summed E-state index contributed by atoms with van der Waals surface area (Å²) in [6.07, 6.45) is 2.70. The van der Waals surface area contributed by atoms with Crippen molar-refractivity contribution in [3.05, 3.63) is 101 Å². The highest BCUT2D eigenvalue weighted by molar-refractivity contribution is 7.14. The predicted molar refractivity (Wildman–Crippen MR) is 133 cm³/mol. The molecule has 0 saturated heterocycles. The number of para-hydroxylation sites is 1. The number of carbonyl (C=O) groups is 2. The molecule has 0 radical (unpaired) electrons. The van der Waals surface area contributed by atoms with Crippen LogP contribution in [0, 0.1) is 17.1 Å². The number of esters is 1. The Morgan fingerprint density at radius 2 is 1.69 bits per heavy atom. The molecular weight excluding hydrogens is 465 g/mol. The SMILES string of the molecule is CC(=O)N(c1nc(/C=C/C(=O)Oc2ccc(-c3ccc(C#N)cc3)cc2)cs1)c1ccccc1F. The Labute approximate surface area is 205 Å². The van der Waals surface area contributed by atoms with Gasteiger partial charge in [0.25, 0.3) is 0 Å². The van der Waals surface area contributed by atoms with Crippen molar-refractivity contribution in [1.29, 1.82) is 5.26 Å². The Kier molecular flexibility index (Phi) is 7.10. The minimum Gasteiger partial charge on any atom is -0.423 e. The van der Waals surface area contributed by atoms with Gasteiger partial charge >= 0.3 is 5.97 Å². The van der Waals surface area contributed by atoms with Crippen molar-refractivity contribution in [1.82, 2.24) is 4.98 Å². The highest BCUT2D eigenvalue weighted by Gasteiger charge is 2.20. The summed E-state index contributed by atoms with van der Waals surface area (Å²) >= 11 is 1.15. The van der Waals surface area contributed by atoms with E-state index in [4.69, 9.17) is 10.00 Å². The molecule has 0 saturated carbocycles. The number of halogens is 1. The number of carbonyl (C=O) groups excluding carboxylic acids is 2. The normalized spacial score (nSPS) is 10.7. The zero-order valence-corrected chi connectivity index (χ0v) is 19.3. The van der Waals surface area contributed by atoms with Crippen molar-refractivity contribution >= 4 is 40.1 Å². The fourth-order valence-corrected chi connectivity index (χ4v) is 4.10. The molecule has 0 aliphatic rings. The summed E-state index contributed by atoms with van der Waals surface area (Å²) in [4.78, 5) is 29.9. The first-order valence-corrected chi connectivity index (χ1v) is 11.3. The molecule has 0 aliphatic heterocycles. The Hall–Kier alpha value is -4.61. The van der Waals surface area contributed by atoms with E-state index in [1.54, 1.807) is 41.8 Å². The summed E-state index contributed by atoms with van der Waals surface area (Å²) in [6, 6.07) is 22.2. The lowest BCUT2D eigenvalue weighted by molar-refractivity contribution is -0.128. The van der Waals surface area contributed by atoms with Crippen LogP contribution >= 0.6 is 11.3 Å². The molecule has 35 heavy (non-hydrogen) atoms. The van der Waals surface area contributed by atoms with E-state index in [2.05, 4.69) is 11.1 Å². The maximum atomic E-state index is 14.2. The van der Waals surface area contributed by atoms with Gasteiger partial charge in [-0.2, -0.15) is 5.26 Å². The Bertz CT molecular complexity index is 1440. The number of hydrogen-bond donors (Lipinski definition) is 0. The summed E-state index contributed by atoms with van der Waals surface area (Å²) in [5, 5.41) is 10.8. The number of ether oxygens (including phenoxy) is 1. The van der Waals surface area contributed by atoms with Gasteiger partial charge in [-0.15, -0.1) is 11.3 Å². The molecule has 0 spiro atoms. The van der Waals surface area contributed by atoms with E-state index in [1.807, 2.05) is 24.3 Å². The van der Waals surface area contributed by atoms with Crippen LogP contribution in [0.15, 0.2) is 84.3 Å². The number of benzene rings is 3. The topological polar surface area (TPSA) is 83.3 Å². The second kappa shape index (κ2) is 10.5. The highest BCUT2D eigenvalue weighted by atomic mass is 32.1. The highest BCUT2D eigenvalue weighted by Crippen LogP contribution is 2.31. The molecule has 172 valence electrons. The van der Waals surface area contributed by atoms with E-state index in [0.29, 0.717) is 17.0 Å². The van der Waals surface area contributed by atoms with Crippen LogP contribution in [0.5, 0.6) is 5.75 Å². The van der Waals surface area contributed by atoms with Gasteiger partial charge in [-0.3, -0.25) is 9.69 Å². The van der Waals surface area contributed by atoms with E-state index in [9.17, 15) is 14.0 Å². The number of thiazole rings is 1. The van der Waals surface area contributed by atoms with Crippen LogP contribution in [0.25, 0.3) is 17.2 Å². The summed E-state index contributed by atoms with van der Waals surface area (Å²) in [6.45, 7) is 1.33. The minimum absolute atomic E-state index is 0.105. The lowest BCUT2D eigenvalue weighted by Crippen LogP contribution is -2.23. The summed E-state index contributed by atoms with van der Waals surface area (Å²) < 4.78 is 19.5. The zero-order chi connectivity index (χ0) is 24.8. The molecule has 8 heteroatoms. The van der Waals surface area contributed by atoms with Gasteiger partial charge in [-0.1, -0.05) is 36.4 Å². The van der Waals surface area contributed by atoms with Gasteiger partial charge < -0.3 is 4.74 Å². The molecule has 1 amide bonds. The van der Waals surface area contributed by atoms with Crippen LogP contribution in [0.1, 0.15) is 18.2 Å². The van der Waals surface area contributed by atoms with E-state index >= 15 is 0 Å². The number of nitriles is 1. The number of hydrogen-bond acceptors (Lipinski definition) is 6. The van der Waals surface area contributed by atoms with E-state index in [-0.39, 0.29) is 16.7 Å². The van der Waals surface area contributed by atoms with E-state index in [1.165, 1.54) is 36.1 Å². The van der Waals surface area contributed by atoms with Gasteiger partial charge in [-0.05, 0) is 53.6 Å². The molecular formula is C27H18FN3O3S. The summed E-state index contributed by atoms with van der Waals surface area (Å²) in [7, 11) is 0. The smallest absolute Gasteiger partial charge is 0.336 e. The summed E-state index contributed by atoms with van der Waals surface area (Å²) in [5.41, 5.74) is 2.98. The predicted octanol–water partition coefficient (Wildman–Crippen LogP) is 6.12. The molecule has 0 aliphatic carbocycles. The lowest BCUT2D eigenvalue weighted by Gasteiger charge is -2.18. The van der Waals surface area contributed by atoms with Crippen molar-refractivity contribution in [2.75, 3.05) is 4.90 Å². The van der Waals surface area contributed by atoms with Crippen molar-refractivity contribution in [3.8, 4) is 22.9 Å². The molecule has 0 fully saturated rings. The first-order chi connectivity index (χ1) is 16.9. The lowest BCUT2D eigenvalue weighted by atomic mass is 10.0. The average Bonchev–Trinajstić information content (AvgIpc) is 3.33. The quantitative estimate of drug-likeness (QED) is 0.187. The third-order valence-electron chi connectivity index (χ3n) is 4.92. The van der Waals surface area contributed by atoms with Crippen molar-refractivity contribution < 1.29 is 18.7 Å². The number of rotatable bonds is 6. The fourth-order valence-electron chi connectivity index (χ4n) is 3.25. The number of anilines is 2. The monoisotopic (exact) mass is 483 g/mol. The fraction of sp³-hybridized carbons (Fsp3) is 0.0370. The van der Waals surface area contributed by atoms with Crippen LogP contribution in [0.3, 0.4) is 0 Å². The number of aromatic nitrogens is 1. The molecule has 0 atom stereocenters. The molecule has 4 rings (SSSR count). The molecule has 0 bridgehead atoms. The third-order valence-corrected chi connectivity index (χ3v) is 5.76. The van der Waals surface area contributed by atoms with Crippen molar-refractivity contribution in [2.45, 2.75) is 6.92 Å². The maximum Gasteiger partial charge on any atom is 0.336 e. The van der Waals surface area contributed by atoms with Gasteiger partial charge in [0.15, 0.2) is 5.13 Å². The number of amides is 1. The Morgan fingerprint density at radius 3 is 2.31 bits per heavy atom. The molecule has 4 aromatic rings. The van der Waals surface area contributed by atoms with Gasteiger partial charge in [0.2, 0.25) is 5.91 Å². The number of nitrogens with zero attached hydrogens (tertiary/aromatic N) is 3. The van der Waals surface area contributed by atoms with Crippen LogP contribution in [-0.2, 0) is 9.59 Å². The summed E-state index contributed by atoms with van der Waals surface area (Å²) in [5.74, 6) is -1.14. The standard InChI is InChI=1S/C27H18FN3O3S/c1-18(32)31(25-5-3-2-4-24(25)28)27-30-22(17-35-27)12-15-26(33)34-23-13-10-21(11-14-23)20-8-6-19(16-29)7-9-20/h2-15,17H,1H3/b15-12+. The van der Waals surface area contributed by atoms with Gasteiger partial charge in [0, 0.05) is 18.4 Å². The Morgan fingerprint density at radius 1 is 1.03 bits per heavy atom. The molecule has 1 aromatic heterocycles. The molecule has 0 unspecified atom stereocenters. The second-order valence-electron chi connectivity index (χ2n) is 7.33. The van der Waals surface area contributed by atoms with E-state index in [0.717, 1.165) is 22.5 Å². The van der Waals surface area contributed by atoms with Crippen LogP contribution < -0.4 is 9.64 Å². The first kappa shape index (κ1) is 23.5. The zero-order valence-electron chi connectivity index (χ0n) is 18.5. The van der Waals surface area contributed by atoms with Gasteiger partial charge in [-0.25, -0.2) is 14.2 Å². The Balaban J connectivity index is 1.41. The largest absolute Gasteiger partial charge is 0.423 e. The average molecular weight is 484 g/mol. The van der Waals surface area contributed by atoms with Crippen LogP contribution in [-0.4, -0.2) is 16.9 Å². The van der Waals surface area contributed by atoms with Crippen LogP contribution in [0.2, 0.25) is 0 Å². The second-order valence-corrected chi connectivity index (χ2v) is 8.17. The maximum absolute atomic E-state index is 14.2.